The lowest BCUT2D eigenvalue weighted by atomic mass is 9.81. The van der Waals surface area contributed by atoms with Crippen molar-refractivity contribution in [3.63, 3.8) is 0 Å². The minimum Gasteiger partial charge on any atom is -0.323 e. The number of hydrogen-bond donors (Lipinski definition) is 1. The van der Waals surface area contributed by atoms with E-state index in [1.54, 1.807) is 0 Å². The van der Waals surface area contributed by atoms with E-state index in [0.29, 0.717) is 12.8 Å². The van der Waals surface area contributed by atoms with Crippen molar-refractivity contribution < 1.29 is 18.4 Å². The van der Waals surface area contributed by atoms with Gasteiger partial charge in [-0.25, -0.2) is 18.5 Å². The number of halogens is 2. The predicted octanol–water partition coefficient (Wildman–Crippen LogP) is 3.03. The van der Waals surface area contributed by atoms with Gasteiger partial charge in [-0.05, 0) is 31.9 Å². The first-order chi connectivity index (χ1) is 9.96. The first-order valence-corrected chi connectivity index (χ1v) is 7.07. The Morgan fingerprint density at radius 3 is 2.48 bits per heavy atom. The summed E-state index contributed by atoms with van der Waals surface area (Å²) < 4.78 is 26.9. The van der Waals surface area contributed by atoms with Crippen LogP contribution in [0.15, 0.2) is 12.1 Å². The molecule has 1 N–H and O–H groups in total. The van der Waals surface area contributed by atoms with E-state index in [-0.39, 0.29) is 17.2 Å². The summed E-state index contributed by atoms with van der Waals surface area (Å²) in [7, 11) is 0. The van der Waals surface area contributed by atoms with Crippen LogP contribution in [-0.4, -0.2) is 17.5 Å². The first-order valence-electron chi connectivity index (χ1n) is 7.07. The van der Waals surface area contributed by atoms with E-state index in [9.17, 15) is 18.4 Å². The maximum absolute atomic E-state index is 13.7. The fourth-order valence-electron chi connectivity index (χ4n) is 3.22. The zero-order valence-corrected chi connectivity index (χ0v) is 11.7. The summed E-state index contributed by atoms with van der Waals surface area (Å²) in [5, 5.41) is 2.75. The van der Waals surface area contributed by atoms with Crippen LogP contribution in [0.4, 0.5) is 19.3 Å². The van der Waals surface area contributed by atoms with Crippen molar-refractivity contribution in [3.8, 4) is 0 Å². The zero-order valence-electron chi connectivity index (χ0n) is 11.7. The third-order valence-electron chi connectivity index (χ3n) is 4.42. The van der Waals surface area contributed by atoms with Gasteiger partial charge < -0.3 is 5.32 Å². The van der Waals surface area contributed by atoms with Crippen molar-refractivity contribution in [1.82, 2.24) is 5.32 Å². The zero-order chi connectivity index (χ0) is 15.2. The third kappa shape index (κ3) is 2.01. The van der Waals surface area contributed by atoms with Gasteiger partial charge in [0.2, 0.25) is 0 Å². The Morgan fingerprint density at radius 1 is 1.14 bits per heavy atom. The largest absolute Gasteiger partial charge is 0.329 e. The molecule has 0 atom stereocenters. The van der Waals surface area contributed by atoms with Gasteiger partial charge in [-0.2, -0.15) is 0 Å². The molecule has 1 saturated carbocycles. The molecule has 0 radical (unpaired) electrons. The lowest BCUT2D eigenvalue weighted by Crippen LogP contribution is -2.48. The summed E-state index contributed by atoms with van der Waals surface area (Å²) >= 11 is 0. The highest BCUT2D eigenvalue weighted by Gasteiger charge is 2.52. The van der Waals surface area contributed by atoms with Gasteiger partial charge in [0.1, 0.15) is 5.54 Å². The number of urea groups is 1. The van der Waals surface area contributed by atoms with E-state index < -0.39 is 23.2 Å². The van der Waals surface area contributed by atoms with Gasteiger partial charge in [0.15, 0.2) is 11.6 Å². The van der Waals surface area contributed by atoms with E-state index in [4.69, 9.17) is 0 Å². The monoisotopic (exact) mass is 294 g/mol. The molecule has 0 unspecified atom stereocenters. The average Bonchev–Trinajstić information content (AvgIpc) is 2.69. The molecule has 6 heteroatoms. The molecular formula is C15H16F2N2O2. The molecule has 0 aromatic heterocycles. The molecule has 3 rings (SSSR count). The predicted molar refractivity (Wildman–Crippen MR) is 72.9 cm³/mol. The van der Waals surface area contributed by atoms with Crippen molar-refractivity contribution in [2.45, 2.75) is 44.6 Å². The molecule has 1 aliphatic heterocycles. The summed E-state index contributed by atoms with van der Waals surface area (Å²) in [4.78, 5) is 25.8. The fourth-order valence-corrected chi connectivity index (χ4v) is 3.22. The summed E-state index contributed by atoms with van der Waals surface area (Å²) in [5.74, 6) is -2.38. The molecule has 1 saturated heterocycles. The van der Waals surface area contributed by atoms with Crippen molar-refractivity contribution in [2.75, 3.05) is 4.90 Å². The summed E-state index contributed by atoms with van der Waals surface area (Å²) in [6.45, 7) is 1.36. The van der Waals surface area contributed by atoms with E-state index in [1.807, 2.05) is 0 Å². The van der Waals surface area contributed by atoms with Crippen LogP contribution in [-0.2, 0) is 4.79 Å². The Balaban J connectivity index is 2.02. The second kappa shape index (κ2) is 4.79. The third-order valence-corrected chi connectivity index (χ3v) is 4.42. The Bertz CT molecular complexity index is 624. The van der Waals surface area contributed by atoms with Crippen LogP contribution in [0.25, 0.3) is 0 Å². The van der Waals surface area contributed by atoms with Crippen LogP contribution in [0.3, 0.4) is 0 Å². The number of hydrogen-bond acceptors (Lipinski definition) is 2. The van der Waals surface area contributed by atoms with E-state index in [0.717, 1.165) is 30.2 Å². The second-order valence-electron chi connectivity index (χ2n) is 5.72. The topological polar surface area (TPSA) is 49.4 Å². The van der Waals surface area contributed by atoms with Gasteiger partial charge in [0, 0.05) is 5.56 Å². The Kier molecular flexibility index (Phi) is 3.19. The molecule has 1 aromatic carbocycles. The molecule has 1 heterocycles. The number of rotatable bonds is 1. The highest BCUT2D eigenvalue weighted by molar-refractivity contribution is 6.23. The Labute approximate surface area is 121 Å². The Hall–Kier alpha value is -1.98. The highest BCUT2D eigenvalue weighted by Crippen LogP contribution is 2.37. The number of carbonyl (C=O) groups is 2. The quantitative estimate of drug-likeness (QED) is 0.809. The number of anilines is 1. The first kappa shape index (κ1) is 14.0. The van der Waals surface area contributed by atoms with E-state index in [1.165, 1.54) is 13.0 Å². The van der Waals surface area contributed by atoms with Gasteiger partial charge >= 0.3 is 6.03 Å². The summed E-state index contributed by atoms with van der Waals surface area (Å²) in [6, 6.07) is 1.65. The molecule has 21 heavy (non-hydrogen) atoms. The summed E-state index contributed by atoms with van der Waals surface area (Å²) in [6.07, 6.45) is 3.97. The molecule has 0 bridgehead atoms. The number of imide groups is 1. The minimum atomic E-state index is -1.03. The maximum Gasteiger partial charge on any atom is 0.329 e. The van der Waals surface area contributed by atoms with Gasteiger partial charge in [-0.15, -0.1) is 0 Å². The van der Waals surface area contributed by atoms with Crippen LogP contribution in [0.1, 0.15) is 37.7 Å². The van der Waals surface area contributed by atoms with Crippen LogP contribution in [0.2, 0.25) is 0 Å². The van der Waals surface area contributed by atoms with Crippen molar-refractivity contribution >= 4 is 17.6 Å². The van der Waals surface area contributed by atoms with Crippen LogP contribution in [0, 0.1) is 18.6 Å². The standard InChI is InChI=1S/C15H16F2N2O2/c1-9-11(6-5-10(16)12(9)17)19-13(20)15(18-14(19)21)7-3-2-4-8-15/h5-6H,2-4,7-8H2,1H3,(H,18,21). The van der Waals surface area contributed by atoms with Crippen molar-refractivity contribution in [2.24, 2.45) is 0 Å². The van der Waals surface area contributed by atoms with Crippen LogP contribution >= 0.6 is 0 Å². The number of nitrogens with zero attached hydrogens (tertiary/aromatic N) is 1. The fraction of sp³-hybridized carbons (Fsp3) is 0.467. The van der Waals surface area contributed by atoms with Gasteiger partial charge in [0.25, 0.3) is 5.91 Å². The smallest absolute Gasteiger partial charge is 0.323 e. The van der Waals surface area contributed by atoms with Crippen LogP contribution < -0.4 is 10.2 Å². The van der Waals surface area contributed by atoms with E-state index >= 15 is 0 Å². The molecule has 4 nitrogen and oxygen atoms in total. The average molecular weight is 294 g/mol. The number of benzene rings is 1. The number of carbonyl (C=O) groups excluding carboxylic acids is 2. The molecule has 2 aliphatic rings. The summed E-state index contributed by atoms with van der Waals surface area (Å²) in [5.41, 5.74) is -0.794. The molecule has 112 valence electrons. The van der Waals surface area contributed by atoms with E-state index in [2.05, 4.69) is 5.32 Å². The lowest BCUT2D eigenvalue weighted by Gasteiger charge is -2.30. The number of amides is 3. The number of nitrogens with one attached hydrogen (secondary N) is 1. The van der Waals surface area contributed by atoms with Gasteiger partial charge in [-0.3, -0.25) is 4.79 Å². The molecular weight excluding hydrogens is 278 g/mol. The van der Waals surface area contributed by atoms with Crippen LogP contribution in [0.5, 0.6) is 0 Å². The van der Waals surface area contributed by atoms with Gasteiger partial charge in [0.05, 0.1) is 5.69 Å². The minimum absolute atomic E-state index is 0.0358. The SMILES string of the molecule is Cc1c(N2C(=O)NC3(CCCCC3)C2=O)ccc(F)c1F. The van der Waals surface area contributed by atoms with Crippen molar-refractivity contribution in [1.29, 1.82) is 0 Å². The molecule has 1 aliphatic carbocycles. The van der Waals surface area contributed by atoms with Gasteiger partial charge in [-0.1, -0.05) is 19.3 Å². The lowest BCUT2D eigenvalue weighted by molar-refractivity contribution is -0.123. The second-order valence-corrected chi connectivity index (χ2v) is 5.72. The molecule has 1 aromatic rings. The normalized spacial score (nSPS) is 21.0. The molecule has 2 fully saturated rings. The Morgan fingerprint density at radius 2 is 1.81 bits per heavy atom. The maximum atomic E-state index is 13.7. The molecule has 3 amide bonds. The molecule has 1 spiro atoms. The highest BCUT2D eigenvalue weighted by atomic mass is 19.2. The van der Waals surface area contributed by atoms with Crippen molar-refractivity contribution in [3.05, 3.63) is 29.3 Å².